The first kappa shape index (κ1) is 16.4. The number of anilines is 1. The molecule has 0 aliphatic carbocycles. The number of hydrogen-bond acceptors (Lipinski definition) is 4. The summed E-state index contributed by atoms with van der Waals surface area (Å²) < 4.78 is 0. The molecule has 0 saturated carbocycles. The van der Waals surface area contributed by atoms with Crippen LogP contribution in [0.15, 0.2) is 36.5 Å². The molecule has 6 heteroatoms. The van der Waals surface area contributed by atoms with Gasteiger partial charge in [0.2, 0.25) is 5.91 Å². The molecule has 5 nitrogen and oxygen atoms in total. The van der Waals surface area contributed by atoms with Crippen LogP contribution in [0.4, 0.5) is 5.69 Å². The highest BCUT2D eigenvalue weighted by molar-refractivity contribution is 5.95. The van der Waals surface area contributed by atoms with Gasteiger partial charge in [0.25, 0.3) is 0 Å². The lowest BCUT2D eigenvalue weighted by molar-refractivity contribution is -0.117. The molecule has 2 heterocycles. The summed E-state index contributed by atoms with van der Waals surface area (Å²) in [5.74, 6) is 0.694. The van der Waals surface area contributed by atoms with Gasteiger partial charge in [-0.3, -0.25) is 4.79 Å². The number of hydrogen-bond donors (Lipinski definition) is 2. The Morgan fingerprint density at radius 3 is 2.95 bits per heavy atom. The molecule has 1 amide bonds. The molecule has 0 bridgehead atoms. The molecular weight excluding hydrogens is 300 g/mol. The average Bonchev–Trinajstić information content (AvgIpc) is 3.02. The number of aromatic nitrogens is 2. The van der Waals surface area contributed by atoms with Crippen LogP contribution in [0.1, 0.15) is 18.5 Å². The Bertz CT molecular complexity index is 656. The molecule has 0 radical (unpaired) electrons. The first-order chi connectivity index (χ1) is 10.2. The second-order valence-electron chi connectivity index (χ2n) is 5.24. The molecule has 1 aliphatic rings. The zero-order chi connectivity index (χ0) is 14.7. The van der Waals surface area contributed by atoms with Gasteiger partial charge in [-0.05, 0) is 44.5 Å². The fourth-order valence-corrected chi connectivity index (χ4v) is 2.46. The Morgan fingerprint density at radius 2 is 2.23 bits per heavy atom. The molecule has 2 aromatic rings. The maximum absolute atomic E-state index is 12.1. The van der Waals surface area contributed by atoms with Crippen LogP contribution in [-0.4, -0.2) is 28.5 Å². The van der Waals surface area contributed by atoms with Gasteiger partial charge in [0.15, 0.2) is 5.82 Å². The molecule has 3 rings (SSSR count). The molecule has 1 aliphatic heterocycles. The Kier molecular flexibility index (Phi) is 5.46. The van der Waals surface area contributed by atoms with E-state index in [0.717, 1.165) is 36.3 Å². The van der Waals surface area contributed by atoms with Crippen LogP contribution in [0.5, 0.6) is 0 Å². The predicted molar refractivity (Wildman–Crippen MR) is 89.1 cm³/mol. The molecule has 1 saturated heterocycles. The van der Waals surface area contributed by atoms with Gasteiger partial charge in [0.1, 0.15) is 0 Å². The van der Waals surface area contributed by atoms with Crippen LogP contribution >= 0.6 is 12.4 Å². The third-order valence-electron chi connectivity index (χ3n) is 3.56. The Hall–Kier alpha value is -1.98. The smallest absolute Gasteiger partial charge is 0.241 e. The highest BCUT2D eigenvalue weighted by Crippen LogP contribution is 2.20. The van der Waals surface area contributed by atoms with E-state index in [-0.39, 0.29) is 24.4 Å². The van der Waals surface area contributed by atoms with E-state index in [4.69, 9.17) is 0 Å². The first-order valence-electron chi connectivity index (χ1n) is 7.17. The highest BCUT2D eigenvalue weighted by atomic mass is 35.5. The number of nitrogens with one attached hydrogen (secondary N) is 2. The predicted octanol–water partition coefficient (Wildman–Crippen LogP) is 2.56. The average molecular weight is 319 g/mol. The van der Waals surface area contributed by atoms with Crippen molar-refractivity contribution in [2.24, 2.45) is 0 Å². The van der Waals surface area contributed by atoms with Crippen LogP contribution in [0.3, 0.4) is 0 Å². The van der Waals surface area contributed by atoms with Crippen molar-refractivity contribution in [3.8, 4) is 11.4 Å². The minimum atomic E-state index is -0.0797. The van der Waals surface area contributed by atoms with E-state index < -0.39 is 0 Å². The van der Waals surface area contributed by atoms with Crippen LogP contribution in [0.25, 0.3) is 11.4 Å². The second kappa shape index (κ2) is 7.33. The van der Waals surface area contributed by atoms with E-state index in [1.54, 1.807) is 6.20 Å². The van der Waals surface area contributed by atoms with Crippen molar-refractivity contribution in [2.45, 2.75) is 25.8 Å². The van der Waals surface area contributed by atoms with Crippen molar-refractivity contribution < 1.29 is 4.79 Å². The van der Waals surface area contributed by atoms with Gasteiger partial charge in [-0.1, -0.05) is 12.1 Å². The number of benzene rings is 1. The fraction of sp³-hybridized carbons (Fsp3) is 0.312. The summed E-state index contributed by atoms with van der Waals surface area (Å²) >= 11 is 0. The lowest BCUT2D eigenvalue weighted by Gasteiger charge is -2.11. The number of aryl methyl sites for hydroxylation is 1. The largest absolute Gasteiger partial charge is 0.325 e. The summed E-state index contributed by atoms with van der Waals surface area (Å²) in [6.45, 7) is 2.85. The molecule has 2 N–H and O–H groups in total. The van der Waals surface area contributed by atoms with E-state index in [1.165, 1.54) is 0 Å². The Morgan fingerprint density at radius 1 is 1.36 bits per heavy atom. The van der Waals surface area contributed by atoms with Gasteiger partial charge in [-0.2, -0.15) is 0 Å². The van der Waals surface area contributed by atoms with Gasteiger partial charge in [-0.25, -0.2) is 9.97 Å². The van der Waals surface area contributed by atoms with Crippen molar-refractivity contribution in [1.29, 1.82) is 0 Å². The van der Waals surface area contributed by atoms with Gasteiger partial charge in [0, 0.05) is 23.1 Å². The number of rotatable bonds is 3. The Balaban J connectivity index is 0.00000176. The maximum atomic E-state index is 12.1. The van der Waals surface area contributed by atoms with E-state index in [2.05, 4.69) is 20.6 Å². The summed E-state index contributed by atoms with van der Waals surface area (Å²) in [7, 11) is 0. The first-order valence-corrected chi connectivity index (χ1v) is 7.17. The van der Waals surface area contributed by atoms with E-state index in [9.17, 15) is 4.79 Å². The zero-order valence-electron chi connectivity index (χ0n) is 12.4. The van der Waals surface area contributed by atoms with Crippen LogP contribution < -0.4 is 10.6 Å². The minimum absolute atomic E-state index is 0. The lowest BCUT2D eigenvalue weighted by Crippen LogP contribution is -2.35. The quantitative estimate of drug-likeness (QED) is 0.912. The van der Waals surface area contributed by atoms with Gasteiger partial charge < -0.3 is 10.6 Å². The summed E-state index contributed by atoms with van der Waals surface area (Å²) in [6.07, 6.45) is 3.69. The van der Waals surface area contributed by atoms with E-state index in [0.29, 0.717) is 5.82 Å². The van der Waals surface area contributed by atoms with Crippen molar-refractivity contribution in [3.63, 3.8) is 0 Å². The minimum Gasteiger partial charge on any atom is -0.325 e. The van der Waals surface area contributed by atoms with Gasteiger partial charge in [0.05, 0.1) is 6.04 Å². The highest BCUT2D eigenvalue weighted by Gasteiger charge is 2.21. The molecule has 1 atom stereocenters. The third kappa shape index (κ3) is 3.81. The summed E-state index contributed by atoms with van der Waals surface area (Å²) in [6, 6.07) is 9.41. The molecular formula is C16H19ClN4O. The molecule has 116 valence electrons. The normalized spacial score (nSPS) is 16.9. The number of amides is 1. The number of carbonyl (C=O) groups is 1. The van der Waals surface area contributed by atoms with Gasteiger partial charge >= 0.3 is 0 Å². The fourth-order valence-electron chi connectivity index (χ4n) is 2.46. The van der Waals surface area contributed by atoms with E-state index in [1.807, 2.05) is 37.3 Å². The zero-order valence-corrected chi connectivity index (χ0v) is 13.2. The summed E-state index contributed by atoms with van der Waals surface area (Å²) in [4.78, 5) is 20.8. The van der Waals surface area contributed by atoms with Crippen molar-refractivity contribution >= 4 is 24.0 Å². The SMILES string of the molecule is Cc1ccnc(-c2cccc(NC(=O)C3CCCN3)c2)n1.Cl. The summed E-state index contributed by atoms with van der Waals surface area (Å²) in [5, 5.41) is 6.15. The standard InChI is InChI=1S/C16H18N4O.ClH/c1-11-7-9-18-15(19-11)12-4-2-5-13(10-12)20-16(21)14-6-3-8-17-14;/h2,4-5,7,9-10,14,17H,3,6,8H2,1H3,(H,20,21);1H. The van der Waals surface area contributed by atoms with E-state index >= 15 is 0 Å². The number of halogens is 1. The van der Waals surface area contributed by atoms with Crippen LogP contribution in [0.2, 0.25) is 0 Å². The monoisotopic (exact) mass is 318 g/mol. The molecule has 1 aromatic heterocycles. The maximum Gasteiger partial charge on any atom is 0.241 e. The van der Waals surface area contributed by atoms with Crippen molar-refractivity contribution in [3.05, 3.63) is 42.2 Å². The molecule has 1 fully saturated rings. The molecule has 1 unspecified atom stereocenters. The molecule has 0 spiro atoms. The second-order valence-corrected chi connectivity index (χ2v) is 5.24. The topological polar surface area (TPSA) is 66.9 Å². The Labute approximate surface area is 136 Å². The van der Waals surface area contributed by atoms with Crippen molar-refractivity contribution in [1.82, 2.24) is 15.3 Å². The van der Waals surface area contributed by atoms with Crippen LogP contribution in [0, 0.1) is 6.92 Å². The third-order valence-corrected chi connectivity index (χ3v) is 3.56. The molecule has 22 heavy (non-hydrogen) atoms. The van der Waals surface area contributed by atoms with Crippen LogP contribution in [-0.2, 0) is 4.79 Å². The number of carbonyl (C=O) groups excluding carboxylic acids is 1. The van der Waals surface area contributed by atoms with Crippen molar-refractivity contribution in [2.75, 3.05) is 11.9 Å². The lowest BCUT2D eigenvalue weighted by atomic mass is 10.1. The number of nitrogens with zero attached hydrogens (tertiary/aromatic N) is 2. The summed E-state index contributed by atoms with van der Waals surface area (Å²) in [5.41, 5.74) is 2.59. The molecule has 1 aromatic carbocycles. The van der Waals surface area contributed by atoms with Gasteiger partial charge in [-0.15, -0.1) is 12.4 Å².